The summed E-state index contributed by atoms with van der Waals surface area (Å²) in [6, 6.07) is 14.9. The number of esters is 2. The first-order chi connectivity index (χ1) is 12.5. The first kappa shape index (κ1) is 16.4. The Hall–Kier alpha value is -3.08. The van der Waals surface area contributed by atoms with Crippen molar-refractivity contribution in [2.45, 2.75) is 33.1 Å². The lowest BCUT2D eigenvalue weighted by Crippen LogP contribution is -2.34. The van der Waals surface area contributed by atoms with Gasteiger partial charge in [0.1, 0.15) is 0 Å². The molecule has 132 valence electrons. The molecule has 0 bridgehead atoms. The molecule has 2 heterocycles. The molecule has 2 aromatic carbocycles. The number of rotatable bonds is 3. The third-order valence-electron chi connectivity index (χ3n) is 4.90. The highest BCUT2D eigenvalue weighted by Gasteiger charge is 2.52. The standard InChI is InChI=1S/C21H19NO4/c1-4-22-13(2)19(16-10-6-8-12-18(16)22)21(25-14(3)23)17-11-7-5-9-15(17)20(24)26-21/h5-12H,4H2,1-3H3. The maximum atomic E-state index is 12.5. The summed E-state index contributed by atoms with van der Waals surface area (Å²) in [5, 5.41) is 0.901. The summed E-state index contributed by atoms with van der Waals surface area (Å²) in [6.07, 6.45) is 0. The topological polar surface area (TPSA) is 57.5 Å². The Morgan fingerprint density at radius 2 is 1.85 bits per heavy atom. The van der Waals surface area contributed by atoms with Crippen molar-refractivity contribution in [3.63, 3.8) is 0 Å². The van der Waals surface area contributed by atoms with E-state index in [9.17, 15) is 9.59 Å². The third kappa shape index (κ3) is 2.10. The zero-order valence-electron chi connectivity index (χ0n) is 14.9. The normalized spacial score (nSPS) is 18.7. The Morgan fingerprint density at radius 3 is 2.58 bits per heavy atom. The van der Waals surface area contributed by atoms with Crippen LogP contribution in [0.3, 0.4) is 0 Å². The predicted molar refractivity (Wildman–Crippen MR) is 96.8 cm³/mol. The SMILES string of the molecule is CCn1c(C)c(C2(OC(C)=O)OC(=O)c3ccccc32)c2ccccc21. The van der Waals surface area contributed by atoms with E-state index in [2.05, 4.69) is 11.5 Å². The van der Waals surface area contributed by atoms with Gasteiger partial charge in [-0.15, -0.1) is 0 Å². The molecule has 1 atom stereocenters. The van der Waals surface area contributed by atoms with Crippen LogP contribution in [0.15, 0.2) is 48.5 Å². The molecule has 1 unspecified atom stereocenters. The van der Waals surface area contributed by atoms with E-state index in [1.807, 2.05) is 37.3 Å². The van der Waals surface area contributed by atoms with Crippen LogP contribution in [0.4, 0.5) is 0 Å². The van der Waals surface area contributed by atoms with Crippen LogP contribution in [0.25, 0.3) is 10.9 Å². The lowest BCUT2D eigenvalue weighted by Gasteiger charge is -2.28. The number of carbonyl (C=O) groups is 2. The second-order valence-electron chi connectivity index (χ2n) is 6.37. The number of carbonyl (C=O) groups excluding carboxylic acids is 2. The molecular weight excluding hydrogens is 330 g/mol. The molecule has 4 rings (SSSR count). The summed E-state index contributed by atoms with van der Waals surface area (Å²) in [6.45, 7) is 6.08. The average Bonchev–Trinajstić information content (AvgIpc) is 3.06. The van der Waals surface area contributed by atoms with Crippen LogP contribution in [0, 0.1) is 6.92 Å². The molecule has 3 aromatic rings. The lowest BCUT2D eigenvalue weighted by atomic mass is 9.93. The Bertz CT molecular complexity index is 1050. The summed E-state index contributed by atoms with van der Waals surface area (Å²) in [7, 11) is 0. The second kappa shape index (κ2) is 5.73. The zero-order chi connectivity index (χ0) is 18.5. The fourth-order valence-corrected chi connectivity index (χ4v) is 3.96. The predicted octanol–water partition coefficient (Wildman–Crippen LogP) is 3.90. The van der Waals surface area contributed by atoms with Crippen molar-refractivity contribution in [1.29, 1.82) is 0 Å². The Labute approximate surface area is 151 Å². The van der Waals surface area contributed by atoms with Gasteiger partial charge in [-0.2, -0.15) is 0 Å². The van der Waals surface area contributed by atoms with E-state index >= 15 is 0 Å². The minimum atomic E-state index is -1.57. The summed E-state index contributed by atoms with van der Waals surface area (Å²) >= 11 is 0. The van der Waals surface area contributed by atoms with E-state index in [0.29, 0.717) is 16.7 Å². The molecular formula is C21H19NO4. The van der Waals surface area contributed by atoms with Crippen LogP contribution >= 0.6 is 0 Å². The number of benzene rings is 2. The van der Waals surface area contributed by atoms with Crippen molar-refractivity contribution in [2.24, 2.45) is 0 Å². The van der Waals surface area contributed by atoms with E-state index in [0.717, 1.165) is 23.1 Å². The maximum absolute atomic E-state index is 12.5. The molecule has 0 amide bonds. The van der Waals surface area contributed by atoms with Crippen LogP contribution in [0.1, 0.15) is 41.0 Å². The van der Waals surface area contributed by atoms with Gasteiger partial charge in [0.2, 0.25) is 0 Å². The fourth-order valence-electron chi connectivity index (χ4n) is 3.96. The summed E-state index contributed by atoms with van der Waals surface area (Å²) in [5.41, 5.74) is 3.58. The molecule has 0 fully saturated rings. The van der Waals surface area contributed by atoms with Crippen molar-refractivity contribution in [2.75, 3.05) is 0 Å². The minimum absolute atomic E-state index is 0.418. The largest absolute Gasteiger partial charge is 0.414 e. The number of nitrogens with zero attached hydrogens (tertiary/aromatic N) is 1. The molecule has 0 N–H and O–H groups in total. The van der Waals surface area contributed by atoms with Gasteiger partial charge in [0.05, 0.1) is 16.7 Å². The highest BCUT2D eigenvalue weighted by atomic mass is 16.7. The fraction of sp³-hybridized carbons (Fsp3) is 0.238. The molecule has 1 aromatic heterocycles. The number of aryl methyl sites for hydroxylation is 1. The minimum Gasteiger partial charge on any atom is -0.414 e. The highest BCUT2D eigenvalue weighted by molar-refractivity contribution is 5.97. The van der Waals surface area contributed by atoms with E-state index < -0.39 is 17.7 Å². The van der Waals surface area contributed by atoms with Gasteiger partial charge >= 0.3 is 17.7 Å². The molecule has 0 spiro atoms. The molecule has 1 aliphatic rings. The first-order valence-corrected chi connectivity index (χ1v) is 8.60. The molecule has 26 heavy (non-hydrogen) atoms. The molecule has 0 saturated heterocycles. The van der Waals surface area contributed by atoms with Gasteiger partial charge in [-0.05, 0) is 32.0 Å². The number of ether oxygens (including phenoxy) is 2. The molecule has 0 saturated carbocycles. The quantitative estimate of drug-likeness (QED) is 0.673. The van der Waals surface area contributed by atoms with Gasteiger partial charge in [-0.3, -0.25) is 4.79 Å². The van der Waals surface area contributed by atoms with Gasteiger partial charge in [-0.25, -0.2) is 4.79 Å². The van der Waals surface area contributed by atoms with E-state index in [-0.39, 0.29) is 0 Å². The summed E-state index contributed by atoms with van der Waals surface area (Å²) < 4.78 is 13.6. The van der Waals surface area contributed by atoms with E-state index in [1.54, 1.807) is 18.2 Å². The van der Waals surface area contributed by atoms with Gasteiger partial charge in [0.25, 0.3) is 0 Å². The summed E-state index contributed by atoms with van der Waals surface area (Å²) in [4.78, 5) is 24.5. The van der Waals surface area contributed by atoms with Crippen molar-refractivity contribution in [3.8, 4) is 0 Å². The van der Waals surface area contributed by atoms with Crippen molar-refractivity contribution in [1.82, 2.24) is 4.57 Å². The van der Waals surface area contributed by atoms with Crippen LogP contribution in [0.5, 0.6) is 0 Å². The number of hydrogen-bond acceptors (Lipinski definition) is 4. The zero-order valence-corrected chi connectivity index (χ0v) is 14.9. The number of para-hydroxylation sites is 1. The summed E-state index contributed by atoms with van der Waals surface area (Å²) in [5.74, 6) is -2.57. The van der Waals surface area contributed by atoms with Gasteiger partial charge in [0, 0.05) is 30.1 Å². The molecule has 0 radical (unpaired) electrons. The van der Waals surface area contributed by atoms with Crippen LogP contribution in [-0.2, 0) is 26.6 Å². The molecule has 0 aliphatic carbocycles. The third-order valence-corrected chi connectivity index (χ3v) is 4.90. The van der Waals surface area contributed by atoms with E-state index in [1.165, 1.54) is 6.92 Å². The van der Waals surface area contributed by atoms with Crippen LogP contribution < -0.4 is 0 Å². The molecule has 1 aliphatic heterocycles. The Balaban J connectivity index is 2.12. The average molecular weight is 349 g/mol. The van der Waals surface area contributed by atoms with E-state index in [4.69, 9.17) is 9.47 Å². The smallest absolute Gasteiger partial charge is 0.342 e. The number of aromatic nitrogens is 1. The lowest BCUT2D eigenvalue weighted by molar-refractivity contribution is -0.190. The Kier molecular flexibility index (Phi) is 3.61. The monoisotopic (exact) mass is 349 g/mol. The highest BCUT2D eigenvalue weighted by Crippen LogP contribution is 2.47. The van der Waals surface area contributed by atoms with Gasteiger partial charge in [-0.1, -0.05) is 30.3 Å². The van der Waals surface area contributed by atoms with Crippen molar-refractivity contribution < 1.29 is 19.1 Å². The van der Waals surface area contributed by atoms with Crippen LogP contribution in [-0.4, -0.2) is 16.5 Å². The van der Waals surface area contributed by atoms with Crippen molar-refractivity contribution >= 4 is 22.8 Å². The maximum Gasteiger partial charge on any atom is 0.342 e. The number of cyclic esters (lactones) is 1. The first-order valence-electron chi connectivity index (χ1n) is 8.60. The molecule has 5 heteroatoms. The second-order valence-corrected chi connectivity index (χ2v) is 6.37. The number of fused-ring (bicyclic) bond motifs is 2. The van der Waals surface area contributed by atoms with Crippen LogP contribution in [0.2, 0.25) is 0 Å². The Morgan fingerprint density at radius 1 is 1.15 bits per heavy atom. The van der Waals surface area contributed by atoms with Crippen molar-refractivity contribution in [3.05, 3.63) is 70.9 Å². The van der Waals surface area contributed by atoms with Gasteiger partial charge < -0.3 is 14.0 Å². The van der Waals surface area contributed by atoms with Gasteiger partial charge in [0.15, 0.2) is 0 Å². The molecule has 5 nitrogen and oxygen atoms in total. The number of hydrogen-bond donors (Lipinski definition) is 0.